The number of pyridine rings is 1. The van der Waals surface area contributed by atoms with Gasteiger partial charge in [0.2, 0.25) is 5.43 Å². The number of rotatable bonds is 3. The SMILES string of the molecule is Cc1cccc(C=Cc2ccc3c(=O)c4c(nnn4OC(=O)C(F)(F)F)c(=O)[nH]c3c2)n1. The highest BCUT2D eigenvalue weighted by atomic mass is 19.4. The number of H-pyrrole nitrogens is 1. The fourth-order valence-corrected chi connectivity index (χ4v) is 2.92. The first kappa shape index (κ1) is 20.9. The summed E-state index contributed by atoms with van der Waals surface area (Å²) in [5.41, 5.74) is -0.837. The molecule has 0 aliphatic rings. The van der Waals surface area contributed by atoms with Gasteiger partial charge >= 0.3 is 12.1 Å². The predicted octanol–water partition coefficient (Wildman–Crippen LogP) is 2.02. The number of nitrogens with one attached hydrogen (secondary N) is 1. The van der Waals surface area contributed by atoms with E-state index in [1.807, 2.05) is 19.1 Å². The number of aromatic amines is 1. The lowest BCUT2D eigenvalue weighted by molar-refractivity contribution is -0.201. The van der Waals surface area contributed by atoms with Crippen molar-refractivity contribution in [3.63, 3.8) is 0 Å². The number of carbonyl (C=O) groups excluding carboxylic acids is 1. The van der Waals surface area contributed by atoms with Gasteiger partial charge in [0, 0.05) is 11.1 Å². The van der Waals surface area contributed by atoms with Crippen LogP contribution in [0.15, 0.2) is 46.0 Å². The van der Waals surface area contributed by atoms with Crippen LogP contribution in [-0.4, -0.2) is 37.3 Å². The summed E-state index contributed by atoms with van der Waals surface area (Å²) >= 11 is 0. The Bertz CT molecular complexity index is 1520. The Balaban J connectivity index is 1.83. The van der Waals surface area contributed by atoms with Crippen LogP contribution in [0.2, 0.25) is 0 Å². The van der Waals surface area contributed by atoms with Crippen molar-refractivity contribution in [2.24, 2.45) is 0 Å². The minimum Gasteiger partial charge on any atom is -0.320 e. The zero-order chi connectivity index (χ0) is 23.0. The van der Waals surface area contributed by atoms with Crippen molar-refractivity contribution >= 4 is 40.1 Å². The van der Waals surface area contributed by atoms with E-state index in [1.54, 1.807) is 24.3 Å². The van der Waals surface area contributed by atoms with E-state index in [-0.39, 0.29) is 15.7 Å². The number of nitrogens with zero attached hydrogens (tertiary/aromatic N) is 4. The molecule has 12 heteroatoms. The Kier molecular flexibility index (Phi) is 5.04. The predicted molar refractivity (Wildman–Crippen MR) is 107 cm³/mol. The van der Waals surface area contributed by atoms with Crippen LogP contribution in [0.3, 0.4) is 0 Å². The lowest BCUT2D eigenvalue weighted by Gasteiger charge is -2.04. The molecule has 0 amide bonds. The molecule has 0 radical (unpaired) electrons. The van der Waals surface area contributed by atoms with Crippen LogP contribution in [0, 0.1) is 6.92 Å². The zero-order valence-electron chi connectivity index (χ0n) is 16.2. The molecule has 0 spiro atoms. The van der Waals surface area contributed by atoms with Gasteiger partial charge in [0.25, 0.3) is 5.56 Å². The Hall–Kier alpha value is -4.35. The Morgan fingerprint density at radius 2 is 1.94 bits per heavy atom. The van der Waals surface area contributed by atoms with Crippen LogP contribution >= 0.6 is 0 Å². The van der Waals surface area contributed by atoms with Crippen molar-refractivity contribution in [1.82, 2.24) is 25.1 Å². The monoisotopic (exact) mass is 443 g/mol. The minimum atomic E-state index is -5.33. The lowest BCUT2D eigenvalue weighted by atomic mass is 10.1. The molecule has 1 N–H and O–H groups in total. The first-order valence-corrected chi connectivity index (χ1v) is 9.00. The zero-order valence-corrected chi connectivity index (χ0v) is 16.2. The highest BCUT2D eigenvalue weighted by molar-refractivity contribution is 5.89. The number of hydrogen-bond acceptors (Lipinski definition) is 7. The molecule has 0 unspecified atom stereocenters. The Labute approximate surface area is 175 Å². The van der Waals surface area contributed by atoms with Crippen molar-refractivity contribution in [3.05, 3.63) is 73.9 Å². The van der Waals surface area contributed by atoms with Crippen molar-refractivity contribution in [3.8, 4) is 0 Å². The number of carbonyl (C=O) groups is 1. The molecule has 0 bridgehead atoms. The van der Waals surface area contributed by atoms with Gasteiger partial charge in [-0.2, -0.15) is 13.2 Å². The van der Waals surface area contributed by atoms with Crippen molar-refractivity contribution in [2.75, 3.05) is 0 Å². The van der Waals surface area contributed by atoms with E-state index in [4.69, 9.17) is 0 Å². The topological polar surface area (TPSA) is 120 Å². The number of aryl methyl sites for hydroxylation is 1. The molecule has 3 heterocycles. The Morgan fingerprint density at radius 3 is 2.66 bits per heavy atom. The number of halogens is 3. The third-order valence-corrected chi connectivity index (χ3v) is 4.37. The maximum Gasteiger partial charge on any atom is 0.493 e. The van der Waals surface area contributed by atoms with Gasteiger partial charge in [-0.25, -0.2) is 4.79 Å². The van der Waals surface area contributed by atoms with Gasteiger partial charge in [-0.15, -0.1) is 5.10 Å². The molecular weight excluding hydrogens is 431 g/mol. The van der Waals surface area contributed by atoms with E-state index in [0.29, 0.717) is 11.3 Å². The molecular formula is C20H12F3N5O4. The average molecular weight is 443 g/mol. The molecule has 0 fully saturated rings. The number of alkyl halides is 3. The van der Waals surface area contributed by atoms with Gasteiger partial charge in [0.15, 0.2) is 11.0 Å². The van der Waals surface area contributed by atoms with Crippen molar-refractivity contribution in [2.45, 2.75) is 13.1 Å². The van der Waals surface area contributed by atoms with Gasteiger partial charge in [-0.1, -0.05) is 23.1 Å². The number of fused-ring (bicyclic) bond motifs is 2. The fourth-order valence-electron chi connectivity index (χ4n) is 2.92. The van der Waals surface area contributed by atoms with Gasteiger partial charge in [0.05, 0.1) is 11.2 Å². The van der Waals surface area contributed by atoms with E-state index < -0.39 is 34.2 Å². The van der Waals surface area contributed by atoms with E-state index in [0.717, 1.165) is 5.69 Å². The molecule has 0 aliphatic heterocycles. The van der Waals surface area contributed by atoms with E-state index in [1.165, 1.54) is 12.1 Å². The first-order valence-electron chi connectivity index (χ1n) is 9.00. The maximum absolute atomic E-state index is 12.9. The number of aromatic nitrogens is 5. The summed E-state index contributed by atoms with van der Waals surface area (Å²) in [4.78, 5) is 47.4. The molecule has 4 aromatic rings. The second-order valence-corrected chi connectivity index (χ2v) is 6.66. The standard InChI is InChI=1S/C20H12F3N5O4/c1-10-3-2-4-12(24-10)7-5-11-6-8-13-14(9-11)25-18(30)15-16(17(13)29)28(27-26-15)32-19(31)20(21,22)23/h2-9H,1H3,(H,25,30). The molecule has 32 heavy (non-hydrogen) atoms. The molecule has 162 valence electrons. The molecule has 9 nitrogen and oxygen atoms in total. The fraction of sp³-hybridized carbons (Fsp3) is 0.100. The van der Waals surface area contributed by atoms with Crippen LogP contribution in [-0.2, 0) is 4.79 Å². The van der Waals surface area contributed by atoms with Gasteiger partial charge in [0.1, 0.15) is 0 Å². The molecule has 0 atom stereocenters. The van der Waals surface area contributed by atoms with Crippen LogP contribution < -0.4 is 15.8 Å². The van der Waals surface area contributed by atoms with Gasteiger partial charge < -0.3 is 9.82 Å². The summed E-state index contributed by atoms with van der Waals surface area (Å²) in [6.07, 6.45) is -1.89. The summed E-state index contributed by atoms with van der Waals surface area (Å²) in [6, 6.07) is 9.93. The summed E-state index contributed by atoms with van der Waals surface area (Å²) in [5, 5.41) is 6.52. The molecule has 0 aliphatic carbocycles. The van der Waals surface area contributed by atoms with E-state index in [2.05, 4.69) is 25.1 Å². The second-order valence-electron chi connectivity index (χ2n) is 6.66. The molecule has 1 aromatic carbocycles. The van der Waals surface area contributed by atoms with Gasteiger partial charge in [-0.05, 0) is 48.0 Å². The van der Waals surface area contributed by atoms with Crippen LogP contribution in [0.5, 0.6) is 0 Å². The quantitative estimate of drug-likeness (QED) is 0.481. The van der Waals surface area contributed by atoms with Crippen LogP contribution in [0.1, 0.15) is 17.0 Å². The second kappa shape index (κ2) is 7.72. The minimum absolute atomic E-state index is 0.000605. The highest BCUT2D eigenvalue weighted by Gasteiger charge is 2.42. The summed E-state index contributed by atoms with van der Waals surface area (Å²) in [6.45, 7) is 1.85. The summed E-state index contributed by atoms with van der Waals surface area (Å²) < 4.78 is 37.6. The summed E-state index contributed by atoms with van der Waals surface area (Å²) in [7, 11) is 0. The normalized spacial score (nSPS) is 12.0. The smallest absolute Gasteiger partial charge is 0.320 e. The van der Waals surface area contributed by atoms with Crippen molar-refractivity contribution < 1.29 is 22.8 Å². The van der Waals surface area contributed by atoms with Crippen molar-refractivity contribution in [1.29, 1.82) is 0 Å². The third-order valence-electron chi connectivity index (χ3n) is 4.37. The van der Waals surface area contributed by atoms with E-state index in [9.17, 15) is 27.6 Å². The molecule has 0 saturated carbocycles. The third kappa shape index (κ3) is 3.97. The highest BCUT2D eigenvalue weighted by Crippen LogP contribution is 2.16. The molecule has 0 saturated heterocycles. The first-order chi connectivity index (χ1) is 15.1. The number of hydrogen-bond donors (Lipinski definition) is 1. The van der Waals surface area contributed by atoms with E-state index >= 15 is 0 Å². The number of benzene rings is 1. The van der Waals surface area contributed by atoms with Gasteiger partial charge in [-0.3, -0.25) is 14.6 Å². The largest absolute Gasteiger partial charge is 0.493 e. The molecule has 3 aromatic heterocycles. The average Bonchev–Trinajstić information content (AvgIpc) is 3.11. The lowest BCUT2D eigenvalue weighted by Crippen LogP contribution is -2.34. The maximum atomic E-state index is 12.9. The van der Waals surface area contributed by atoms with Crippen LogP contribution in [0.4, 0.5) is 13.2 Å². The summed E-state index contributed by atoms with van der Waals surface area (Å²) in [5.74, 6) is -2.62. The van der Waals surface area contributed by atoms with Crippen LogP contribution in [0.25, 0.3) is 34.1 Å². The molecule has 4 rings (SSSR count). The Morgan fingerprint density at radius 1 is 1.16 bits per heavy atom.